The first-order chi connectivity index (χ1) is 7.83. The summed E-state index contributed by atoms with van der Waals surface area (Å²) in [6, 6.07) is 0. The topological polar surface area (TPSA) is 24.1 Å². The van der Waals surface area contributed by atoms with Gasteiger partial charge in [0, 0.05) is 0 Å². The Kier molecular flexibility index (Phi) is 31.7. The summed E-state index contributed by atoms with van der Waals surface area (Å²) in [6.45, 7) is 0. The van der Waals surface area contributed by atoms with Crippen LogP contribution in [0.2, 0.25) is 0 Å². The maximum absolute atomic E-state index is 2.99. The molecule has 0 saturated carbocycles. The van der Waals surface area contributed by atoms with Crippen LogP contribution in [0.15, 0.2) is 36.5 Å². The monoisotopic (exact) mass is 268 g/mol. The molecule has 2 aliphatic carbocycles. The van der Waals surface area contributed by atoms with Gasteiger partial charge in [0.05, 0.1) is 0 Å². The normalized spacial score (nSPS) is 12.5. The third kappa shape index (κ3) is 31.3. The van der Waals surface area contributed by atoms with Gasteiger partial charge in [-0.05, 0) is 28.2 Å². The average molecular weight is 268 g/mol. The van der Waals surface area contributed by atoms with Crippen LogP contribution in [-0.2, 0) is 21.7 Å². The second-order valence-electron chi connectivity index (χ2n) is 3.01. The van der Waals surface area contributed by atoms with Gasteiger partial charge in [0.15, 0.2) is 0 Å². The molecular weight excluding hydrogens is 244 g/mol. The van der Waals surface area contributed by atoms with E-state index < -0.39 is 0 Å². The Hall–Kier alpha value is -0.406. The molecule has 0 fully saturated rings. The van der Waals surface area contributed by atoms with Gasteiger partial charge in [-0.25, -0.2) is 24.3 Å². The minimum absolute atomic E-state index is 0. The maximum Gasteiger partial charge on any atom is 2.00 e. The summed E-state index contributed by atoms with van der Waals surface area (Å²) >= 11 is 0. The molecule has 0 aromatic rings. The number of hydrogen-bond donors (Lipinski definition) is 2. The Balaban J connectivity index is -0.000000157. The molecule has 2 rings (SSSR count). The molecule has 17 heavy (non-hydrogen) atoms. The Bertz CT molecular complexity index is 174. The average Bonchev–Trinajstić information content (AvgIpc) is 3.00. The maximum atomic E-state index is 2.99. The van der Waals surface area contributed by atoms with E-state index in [4.69, 9.17) is 0 Å². The van der Waals surface area contributed by atoms with Crippen LogP contribution < -0.4 is 10.6 Å². The van der Waals surface area contributed by atoms with E-state index >= 15 is 0 Å². The van der Waals surface area contributed by atoms with Crippen molar-refractivity contribution in [1.29, 1.82) is 0 Å². The standard InChI is InChI=1S/2C5H5.2C2H7N.Ti/c2*1-2-4-5-3-1;2*1-3-2;/h2*1-3H,4H2;2*3H,1-2H3;/q2*-1;;;+2. The Morgan fingerprint density at radius 2 is 1.06 bits per heavy atom. The fourth-order valence-electron chi connectivity index (χ4n) is 0.680. The molecule has 0 aliphatic heterocycles. The van der Waals surface area contributed by atoms with E-state index in [-0.39, 0.29) is 21.7 Å². The van der Waals surface area contributed by atoms with E-state index in [9.17, 15) is 0 Å². The summed E-state index contributed by atoms with van der Waals surface area (Å²) in [5.41, 5.74) is 0. The van der Waals surface area contributed by atoms with E-state index in [1.54, 1.807) is 0 Å². The van der Waals surface area contributed by atoms with E-state index in [0.717, 1.165) is 12.8 Å². The summed E-state index contributed by atoms with van der Waals surface area (Å²) in [6.07, 6.45) is 20.0. The molecule has 0 heterocycles. The van der Waals surface area contributed by atoms with Crippen LogP contribution in [0.5, 0.6) is 0 Å². The molecule has 0 bridgehead atoms. The van der Waals surface area contributed by atoms with Gasteiger partial charge in [0.1, 0.15) is 0 Å². The van der Waals surface area contributed by atoms with Gasteiger partial charge < -0.3 is 10.6 Å². The molecule has 2 aliphatic rings. The zero-order chi connectivity index (χ0) is 12.5. The third-order valence-electron chi connectivity index (χ3n) is 1.17. The number of rotatable bonds is 0. The number of allylic oxidation sites excluding steroid dienone is 8. The van der Waals surface area contributed by atoms with Crippen molar-refractivity contribution < 1.29 is 21.7 Å². The number of hydrogen-bond acceptors (Lipinski definition) is 2. The van der Waals surface area contributed by atoms with Gasteiger partial charge in [0.25, 0.3) is 0 Å². The van der Waals surface area contributed by atoms with Crippen molar-refractivity contribution in [2.75, 3.05) is 28.2 Å². The molecule has 0 aromatic heterocycles. The molecule has 0 unspecified atom stereocenters. The second kappa shape index (κ2) is 24.7. The van der Waals surface area contributed by atoms with E-state index in [0.29, 0.717) is 0 Å². The minimum atomic E-state index is 0. The molecule has 2 nitrogen and oxygen atoms in total. The zero-order valence-electron chi connectivity index (χ0n) is 11.4. The minimum Gasteiger partial charge on any atom is -0.323 e. The van der Waals surface area contributed by atoms with E-state index in [2.05, 4.69) is 34.9 Å². The summed E-state index contributed by atoms with van der Waals surface area (Å²) in [5, 5.41) is 5.50. The summed E-state index contributed by atoms with van der Waals surface area (Å²) < 4.78 is 0. The summed E-state index contributed by atoms with van der Waals surface area (Å²) in [7, 11) is 7.50. The first-order valence-corrected chi connectivity index (χ1v) is 5.43. The molecule has 0 aromatic carbocycles. The van der Waals surface area contributed by atoms with Crippen molar-refractivity contribution in [3.8, 4) is 0 Å². The van der Waals surface area contributed by atoms with Crippen LogP contribution in [0.1, 0.15) is 12.8 Å². The van der Waals surface area contributed by atoms with Gasteiger partial charge in [-0.3, -0.25) is 12.2 Å². The predicted octanol–water partition coefficient (Wildman–Crippen LogP) is 2.28. The van der Waals surface area contributed by atoms with Gasteiger partial charge in [0.2, 0.25) is 0 Å². The van der Waals surface area contributed by atoms with E-state index in [1.165, 1.54) is 0 Å². The quantitative estimate of drug-likeness (QED) is 0.520. The van der Waals surface area contributed by atoms with Gasteiger partial charge >= 0.3 is 21.7 Å². The molecule has 3 heteroatoms. The first kappa shape index (κ1) is 21.8. The van der Waals surface area contributed by atoms with Crippen LogP contribution in [-0.4, -0.2) is 28.2 Å². The molecule has 0 atom stereocenters. The van der Waals surface area contributed by atoms with Gasteiger partial charge in [-0.1, -0.05) is 0 Å². The summed E-state index contributed by atoms with van der Waals surface area (Å²) in [5.74, 6) is 0. The fraction of sp³-hybridized carbons (Fsp3) is 0.429. The Morgan fingerprint density at radius 3 is 1.12 bits per heavy atom. The van der Waals surface area contributed by atoms with Crippen molar-refractivity contribution in [2.24, 2.45) is 0 Å². The fourth-order valence-corrected chi connectivity index (χ4v) is 0.680. The van der Waals surface area contributed by atoms with Crippen molar-refractivity contribution in [1.82, 2.24) is 10.6 Å². The molecule has 0 amide bonds. The van der Waals surface area contributed by atoms with E-state index in [1.807, 2.05) is 52.5 Å². The van der Waals surface area contributed by atoms with Crippen LogP contribution >= 0.6 is 0 Å². The molecule has 2 N–H and O–H groups in total. The first-order valence-electron chi connectivity index (χ1n) is 5.43. The molecule has 0 saturated heterocycles. The van der Waals surface area contributed by atoms with Gasteiger partial charge in [-0.15, -0.1) is 12.8 Å². The van der Waals surface area contributed by atoms with Gasteiger partial charge in [-0.2, -0.15) is 12.2 Å². The van der Waals surface area contributed by atoms with Crippen molar-refractivity contribution >= 4 is 0 Å². The zero-order valence-corrected chi connectivity index (χ0v) is 12.9. The van der Waals surface area contributed by atoms with Crippen molar-refractivity contribution in [3.63, 3.8) is 0 Å². The molecule has 0 spiro atoms. The largest absolute Gasteiger partial charge is 2.00 e. The SMILES string of the molecule is CNC.CNC.[C-]1=CC=CC1.[C-]1=CC=CC1.[Ti+2]. The molecule has 94 valence electrons. The van der Waals surface area contributed by atoms with Crippen LogP contribution in [0.4, 0.5) is 0 Å². The molecule has 0 radical (unpaired) electrons. The second-order valence-corrected chi connectivity index (χ2v) is 3.01. The Morgan fingerprint density at radius 1 is 0.765 bits per heavy atom. The number of nitrogens with one attached hydrogen (secondary N) is 2. The summed E-state index contributed by atoms with van der Waals surface area (Å²) in [4.78, 5) is 0. The predicted molar refractivity (Wildman–Crippen MR) is 73.1 cm³/mol. The Labute approximate surface area is 122 Å². The van der Waals surface area contributed by atoms with Crippen LogP contribution in [0.3, 0.4) is 0 Å². The third-order valence-corrected chi connectivity index (χ3v) is 1.17. The van der Waals surface area contributed by atoms with Crippen molar-refractivity contribution in [2.45, 2.75) is 12.8 Å². The molecular formula is C14H24N2Ti. The van der Waals surface area contributed by atoms with Crippen LogP contribution in [0.25, 0.3) is 0 Å². The smallest absolute Gasteiger partial charge is 0.323 e. The van der Waals surface area contributed by atoms with Crippen molar-refractivity contribution in [3.05, 3.63) is 48.6 Å². The van der Waals surface area contributed by atoms with Crippen LogP contribution in [0, 0.1) is 12.2 Å².